The summed E-state index contributed by atoms with van der Waals surface area (Å²) in [7, 11) is 0. The lowest BCUT2D eigenvalue weighted by Crippen LogP contribution is -2.47. The molecular formula is C11H20F3N. The van der Waals surface area contributed by atoms with E-state index in [1.165, 1.54) is 0 Å². The largest absolute Gasteiger partial charge is 0.390 e. The summed E-state index contributed by atoms with van der Waals surface area (Å²) in [5.41, 5.74) is 0. The summed E-state index contributed by atoms with van der Waals surface area (Å²) in [5, 5.41) is 3.04. The van der Waals surface area contributed by atoms with Crippen LogP contribution in [0.15, 0.2) is 0 Å². The van der Waals surface area contributed by atoms with Crippen LogP contribution in [0.2, 0.25) is 0 Å². The number of rotatable bonds is 4. The highest BCUT2D eigenvalue weighted by Crippen LogP contribution is 2.34. The lowest BCUT2D eigenvalue weighted by atomic mass is 9.73. The summed E-state index contributed by atoms with van der Waals surface area (Å²) in [5.74, 6) is 1.35. The number of alkyl halides is 3. The van der Waals surface area contributed by atoms with E-state index in [9.17, 15) is 13.2 Å². The highest BCUT2D eigenvalue weighted by atomic mass is 19.4. The molecule has 1 rings (SSSR count). The molecule has 1 aliphatic carbocycles. The second-order valence-electron chi connectivity index (χ2n) is 5.06. The van der Waals surface area contributed by atoms with Crippen LogP contribution in [0, 0.1) is 11.8 Å². The minimum Gasteiger partial charge on any atom is -0.311 e. The zero-order chi connectivity index (χ0) is 11.6. The molecule has 0 aliphatic heterocycles. The van der Waals surface area contributed by atoms with Gasteiger partial charge in [-0.2, -0.15) is 13.2 Å². The third-order valence-electron chi connectivity index (χ3n) is 3.18. The molecule has 1 N–H and O–H groups in total. The summed E-state index contributed by atoms with van der Waals surface area (Å²) in [6.07, 6.45) is -2.72. The maximum Gasteiger partial charge on any atom is 0.390 e. The summed E-state index contributed by atoms with van der Waals surface area (Å²) < 4.78 is 36.1. The highest BCUT2D eigenvalue weighted by molar-refractivity contribution is 4.88. The molecule has 1 unspecified atom stereocenters. The van der Waals surface area contributed by atoms with E-state index >= 15 is 0 Å². The zero-order valence-corrected chi connectivity index (χ0v) is 9.56. The minimum atomic E-state index is -4.05. The predicted octanol–water partition coefficient (Wildman–Crippen LogP) is 3.35. The van der Waals surface area contributed by atoms with E-state index in [0.717, 1.165) is 12.8 Å². The van der Waals surface area contributed by atoms with Gasteiger partial charge >= 0.3 is 6.18 Å². The Balaban J connectivity index is 2.16. The lowest BCUT2D eigenvalue weighted by molar-refractivity contribution is -0.140. The van der Waals surface area contributed by atoms with Crippen molar-refractivity contribution in [2.45, 2.75) is 58.3 Å². The molecule has 1 saturated carbocycles. The van der Waals surface area contributed by atoms with Crippen molar-refractivity contribution in [3.63, 3.8) is 0 Å². The molecule has 0 aromatic heterocycles. The van der Waals surface area contributed by atoms with E-state index in [1.54, 1.807) is 6.92 Å². The lowest BCUT2D eigenvalue weighted by Gasteiger charge is -2.40. The number of nitrogens with one attached hydrogen (secondary N) is 1. The van der Waals surface area contributed by atoms with Crippen LogP contribution >= 0.6 is 0 Å². The van der Waals surface area contributed by atoms with Crippen molar-refractivity contribution in [1.29, 1.82) is 0 Å². The van der Waals surface area contributed by atoms with Gasteiger partial charge in [-0.3, -0.25) is 0 Å². The van der Waals surface area contributed by atoms with Crippen molar-refractivity contribution in [2.24, 2.45) is 11.8 Å². The first kappa shape index (κ1) is 12.8. The Hall–Kier alpha value is -0.250. The van der Waals surface area contributed by atoms with Crippen LogP contribution in [0.3, 0.4) is 0 Å². The first-order valence-corrected chi connectivity index (χ1v) is 5.60. The number of hydrogen-bond donors (Lipinski definition) is 1. The molecule has 15 heavy (non-hydrogen) atoms. The van der Waals surface area contributed by atoms with E-state index in [1.807, 2.05) is 0 Å². The van der Waals surface area contributed by atoms with Crippen LogP contribution < -0.4 is 5.32 Å². The summed E-state index contributed by atoms with van der Waals surface area (Å²) in [6, 6.07) is -0.155. The first-order valence-electron chi connectivity index (χ1n) is 5.60. The topological polar surface area (TPSA) is 12.0 Å². The first-order chi connectivity index (χ1) is 6.78. The smallest absolute Gasteiger partial charge is 0.311 e. The fourth-order valence-electron chi connectivity index (χ4n) is 2.15. The molecule has 1 fully saturated rings. The molecule has 0 aromatic carbocycles. The monoisotopic (exact) mass is 223 g/mol. The maximum atomic E-state index is 12.0. The van der Waals surface area contributed by atoms with Gasteiger partial charge in [-0.25, -0.2) is 0 Å². The van der Waals surface area contributed by atoms with Crippen molar-refractivity contribution in [3.05, 3.63) is 0 Å². The third-order valence-corrected chi connectivity index (χ3v) is 3.18. The van der Waals surface area contributed by atoms with E-state index in [4.69, 9.17) is 0 Å². The van der Waals surface area contributed by atoms with E-state index in [-0.39, 0.29) is 0 Å². The Kier molecular flexibility index (Phi) is 4.04. The van der Waals surface area contributed by atoms with E-state index in [0.29, 0.717) is 17.9 Å². The third kappa shape index (κ3) is 4.41. The Bertz CT molecular complexity index is 194. The maximum absolute atomic E-state index is 12.0. The van der Waals surface area contributed by atoms with Crippen LogP contribution in [0.5, 0.6) is 0 Å². The average molecular weight is 223 g/mol. The minimum absolute atomic E-state index is 0.301. The molecule has 0 spiro atoms. The van der Waals surface area contributed by atoms with Gasteiger partial charge in [0.15, 0.2) is 0 Å². The summed E-state index contributed by atoms with van der Waals surface area (Å²) in [6.45, 7) is 5.94. The Labute approximate surface area is 89.4 Å². The van der Waals surface area contributed by atoms with Gasteiger partial charge in [0.2, 0.25) is 0 Å². The molecule has 0 aromatic rings. The second kappa shape index (κ2) is 4.73. The molecule has 0 heterocycles. The van der Waals surface area contributed by atoms with Gasteiger partial charge in [0.05, 0.1) is 6.42 Å². The fraction of sp³-hybridized carbons (Fsp3) is 1.00. The van der Waals surface area contributed by atoms with Crippen LogP contribution in [-0.4, -0.2) is 18.3 Å². The molecule has 4 heteroatoms. The van der Waals surface area contributed by atoms with Crippen molar-refractivity contribution >= 4 is 0 Å². The second-order valence-corrected chi connectivity index (χ2v) is 5.06. The van der Waals surface area contributed by atoms with Gasteiger partial charge in [-0.1, -0.05) is 13.8 Å². The van der Waals surface area contributed by atoms with Gasteiger partial charge in [0, 0.05) is 12.1 Å². The molecule has 90 valence electrons. The highest BCUT2D eigenvalue weighted by Gasteiger charge is 2.35. The quantitative estimate of drug-likeness (QED) is 0.770. The van der Waals surface area contributed by atoms with E-state index < -0.39 is 18.6 Å². The van der Waals surface area contributed by atoms with Gasteiger partial charge in [-0.15, -0.1) is 0 Å². The van der Waals surface area contributed by atoms with Crippen LogP contribution in [0.1, 0.15) is 40.0 Å². The normalized spacial score (nSPS) is 29.0. The van der Waals surface area contributed by atoms with Crippen molar-refractivity contribution < 1.29 is 13.2 Å². The average Bonchev–Trinajstić information content (AvgIpc) is 1.91. The fourth-order valence-corrected chi connectivity index (χ4v) is 2.15. The van der Waals surface area contributed by atoms with Gasteiger partial charge in [-0.05, 0) is 31.6 Å². The standard InChI is InChI=1S/C11H20F3N/c1-7(2)9-4-10(5-9)15-8(3)6-11(12,13)14/h7-10,15H,4-6H2,1-3H3. The SMILES string of the molecule is CC(CC(F)(F)F)NC1CC(C(C)C)C1. The Morgan fingerprint density at radius 2 is 1.73 bits per heavy atom. The van der Waals surface area contributed by atoms with E-state index in [2.05, 4.69) is 19.2 Å². The molecule has 0 saturated heterocycles. The zero-order valence-electron chi connectivity index (χ0n) is 9.56. The number of halogens is 3. The molecule has 0 radical (unpaired) electrons. The molecule has 1 atom stereocenters. The van der Waals surface area contributed by atoms with Crippen molar-refractivity contribution in [2.75, 3.05) is 0 Å². The predicted molar refractivity (Wildman–Crippen MR) is 54.6 cm³/mol. The Morgan fingerprint density at radius 3 is 2.13 bits per heavy atom. The molecule has 0 amide bonds. The molecule has 0 bridgehead atoms. The molecular weight excluding hydrogens is 203 g/mol. The summed E-state index contributed by atoms with van der Waals surface area (Å²) >= 11 is 0. The van der Waals surface area contributed by atoms with Crippen LogP contribution in [-0.2, 0) is 0 Å². The van der Waals surface area contributed by atoms with Gasteiger partial charge in [0.25, 0.3) is 0 Å². The number of hydrogen-bond acceptors (Lipinski definition) is 1. The van der Waals surface area contributed by atoms with Crippen molar-refractivity contribution in [3.8, 4) is 0 Å². The van der Waals surface area contributed by atoms with Crippen molar-refractivity contribution in [1.82, 2.24) is 5.32 Å². The van der Waals surface area contributed by atoms with Crippen LogP contribution in [0.25, 0.3) is 0 Å². The van der Waals surface area contributed by atoms with Gasteiger partial charge in [0.1, 0.15) is 0 Å². The Morgan fingerprint density at radius 1 is 1.20 bits per heavy atom. The van der Waals surface area contributed by atoms with Gasteiger partial charge < -0.3 is 5.32 Å². The van der Waals surface area contributed by atoms with Crippen LogP contribution in [0.4, 0.5) is 13.2 Å². The molecule has 1 aliphatic rings. The molecule has 1 nitrogen and oxygen atoms in total. The summed E-state index contributed by atoms with van der Waals surface area (Å²) in [4.78, 5) is 0.